The van der Waals surface area contributed by atoms with Crippen molar-refractivity contribution < 1.29 is 24.0 Å². The highest BCUT2D eigenvalue weighted by Gasteiger charge is 2.31. The Hall–Kier alpha value is -2.90. The average molecular weight is 331 g/mol. The molecule has 1 aliphatic heterocycles. The number of carbonyl (C=O) groups excluding carboxylic acids is 1. The molecule has 0 spiro atoms. The summed E-state index contributed by atoms with van der Waals surface area (Å²) in [6, 6.07) is 6.76. The van der Waals surface area contributed by atoms with E-state index in [0.717, 1.165) is 0 Å². The lowest BCUT2D eigenvalue weighted by molar-refractivity contribution is -0.141. The van der Waals surface area contributed by atoms with E-state index in [0.29, 0.717) is 36.0 Å². The maximum absolute atomic E-state index is 12.5. The molecule has 8 nitrogen and oxygen atoms in total. The molecular formula is C16H17N3O5. The van der Waals surface area contributed by atoms with Crippen molar-refractivity contribution >= 4 is 11.9 Å². The molecule has 1 aromatic heterocycles. The zero-order chi connectivity index (χ0) is 17.1. The Kier molecular flexibility index (Phi) is 4.45. The van der Waals surface area contributed by atoms with Crippen LogP contribution in [0.25, 0.3) is 0 Å². The van der Waals surface area contributed by atoms with Gasteiger partial charge >= 0.3 is 5.97 Å². The number of carboxylic acid groups (broad SMARTS) is 1. The second-order valence-corrected chi connectivity index (χ2v) is 5.62. The number of likely N-dealkylation sites (tertiary alicyclic amines) is 1. The summed E-state index contributed by atoms with van der Waals surface area (Å²) in [6.45, 7) is 2.51. The molecule has 0 aliphatic carbocycles. The van der Waals surface area contributed by atoms with Crippen LogP contribution in [0.15, 0.2) is 28.8 Å². The number of carbonyl (C=O) groups is 2. The molecule has 1 saturated heterocycles. The number of aryl methyl sites for hydroxylation is 1. The van der Waals surface area contributed by atoms with Gasteiger partial charge in [-0.2, -0.15) is 4.98 Å². The maximum atomic E-state index is 12.5. The van der Waals surface area contributed by atoms with Crippen LogP contribution in [-0.4, -0.2) is 45.1 Å². The molecule has 2 aromatic rings. The second kappa shape index (κ2) is 6.69. The number of nitrogens with zero attached hydrogens (tertiary/aromatic N) is 3. The van der Waals surface area contributed by atoms with Crippen LogP contribution in [0.5, 0.6) is 5.75 Å². The van der Waals surface area contributed by atoms with E-state index in [1.807, 2.05) is 0 Å². The summed E-state index contributed by atoms with van der Waals surface area (Å²) in [6.07, 6.45) is 0.481. The van der Waals surface area contributed by atoms with Crippen LogP contribution in [0.4, 0.5) is 0 Å². The van der Waals surface area contributed by atoms with Crippen LogP contribution in [-0.2, 0) is 11.4 Å². The third-order valence-corrected chi connectivity index (χ3v) is 3.84. The van der Waals surface area contributed by atoms with E-state index < -0.39 is 11.9 Å². The van der Waals surface area contributed by atoms with Crippen molar-refractivity contribution in [3.05, 3.63) is 41.5 Å². The van der Waals surface area contributed by atoms with Crippen LogP contribution >= 0.6 is 0 Å². The van der Waals surface area contributed by atoms with Crippen LogP contribution < -0.4 is 4.74 Å². The second-order valence-electron chi connectivity index (χ2n) is 5.62. The summed E-state index contributed by atoms with van der Waals surface area (Å²) < 4.78 is 10.4. The zero-order valence-corrected chi connectivity index (χ0v) is 13.1. The first-order chi connectivity index (χ1) is 11.5. The third kappa shape index (κ3) is 3.53. The van der Waals surface area contributed by atoms with Crippen LogP contribution in [0, 0.1) is 12.8 Å². The minimum atomic E-state index is -0.863. The van der Waals surface area contributed by atoms with Gasteiger partial charge in [0.05, 0.1) is 5.92 Å². The first-order valence-corrected chi connectivity index (χ1v) is 7.57. The maximum Gasteiger partial charge on any atom is 0.308 e. The molecule has 0 radical (unpaired) electrons. The van der Waals surface area contributed by atoms with E-state index in [1.165, 1.54) is 0 Å². The molecule has 1 unspecified atom stereocenters. The minimum absolute atomic E-state index is 0.139. The Bertz CT molecular complexity index is 758. The third-order valence-electron chi connectivity index (χ3n) is 3.84. The molecule has 126 valence electrons. The summed E-state index contributed by atoms with van der Waals surface area (Å²) >= 11 is 0. The quantitative estimate of drug-likeness (QED) is 0.885. The highest BCUT2D eigenvalue weighted by molar-refractivity contribution is 5.95. The number of amides is 1. The summed E-state index contributed by atoms with van der Waals surface area (Å²) in [5.74, 6) is -0.155. The van der Waals surface area contributed by atoms with Gasteiger partial charge in [-0.1, -0.05) is 11.2 Å². The Morgan fingerprint density at radius 1 is 1.46 bits per heavy atom. The Balaban J connectivity index is 1.64. The predicted molar refractivity (Wildman–Crippen MR) is 81.5 cm³/mol. The standard InChI is InChI=1S/C16H17N3O5/c1-10-17-14(18-24-10)9-23-13-4-2-3-11(7-13)15(20)19-6-5-12(8-19)16(21)22/h2-4,7,12H,5-6,8-9H2,1H3,(H,21,22). The van der Waals surface area contributed by atoms with Gasteiger partial charge in [-0.3, -0.25) is 9.59 Å². The topological polar surface area (TPSA) is 106 Å². The molecule has 1 aromatic carbocycles. The van der Waals surface area contributed by atoms with Crippen molar-refractivity contribution in [2.45, 2.75) is 20.0 Å². The normalized spacial score (nSPS) is 17.0. The minimum Gasteiger partial charge on any atom is -0.485 e. The first kappa shape index (κ1) is 16.0. The fraction of sp³-hybridized carbons (Fsp3) is 0.375. The van der Waals surface area contributed by atoms with Crippen LogP contribution in [0.3, 0.4) is 0 Å². The molecule has 1 aliphatic rings. The van der Waals surface area contributed by atoms with Crippen molar-refractivity contribution in [1.82, 2.24) is 15.0 Å². The van der Waals surface area contributed by atoms with Gasteiger partial charge in [0.15, 0.2) is 6.61 Å². The smallest absolute Gasteiger partial charge is 0.308 e. The van der Waals surface area contributed by atoms with Crippen molar-refractivity contribution in [2.75, 3.05) is 13.1 Å². The lowest BCUT2D eigenvalue weighted by atomic mass is 10.1. The van der Waals surface area contributed by atoms with Gasteiger partial charge in [0.25, 0.3) is 5.91 Å². The molecule has 1 amide bonds. The summed E-state index contributed by atoms with van der Waals surface area (Å²) in [5, 5.41) is 12.8. The highest BCUT2D eigenvalue weighted by atomic mass is 16.5. The van der Waals surface area contributed by atoms with E-state index in [2.05, 4.69) is 10.1 Å². The molecular weight excluding hydrogens is 314 g/mol. The van der Waals surface area contributed by atoms with Crippen molar-refractivity contribution in [1.29, 1.82) is 0 Å². The SMILES string of the molecule is Cc1nc(COc2cccc(C(=O)N3CCC(C(=O)O)C3)c2)no1. The molecule has 3 rings (SSSR count). The number of benzene rings is 1. The predicted octanol–water partition coefficient (Wildman–Crippen LogP) is 1.50. The average Bonchev–Trinajstić information content (AvgIpc) is 3.21. The Labute approximate surface area is 138 Å². The van der Waals surface area contributed by atoms with E-state index in [4.69, 9.17) is 14.4 Å². The van der Waals surface area contributed by atoms with Gasteiger partial charge in [0, 0.05) is 25.6 Å². The van der Waals surface area contributed by atoms with Gasteiger partial charge in [-0.15, -0.1) is 0 Å². The van der Waals surface area contributed by atoms with E-state index in [9.17, 15) is 9.59 Å². The molecule has 0 saturated carbocycles. The van der Waals surface area contributed by atoms with E-state index >= 15 is 0 Å². The monoisotopic (exact) mass is 331 g/mol. The molecule has 2 heterocycles. The van der Waals surface area contributed by atoms with Crippen molar-refractivity contribution in [3.8, 4) is 5.75 Å². The van der Waals surface area contributed by atoms with Gasteiger partial charge in [-0.05, 0) is 24.6 Å². The molecule has 24 heavy (non-hydrogen) atoms. The number of hydrogen-bond donors (Lipinski definition) is 1. The first-order valence-electron chi connectivity index (χ1n) is 7.57. The number of ether oxygens (including phenoxy) is 1. The van der Waals surface area contributed by atoms with Crippen LogP contribution in [0.2, 0.25) is 0 Å². The summed E-state index contributed by atoms with van der Waals surface area (Å²) in [4.78, 5) is 29.1. The summed E-state index contributed by atoms with van der Waals surface area (Å²) in [5.41, 5.74) is 0.461. The molecule has 1 atom stereocenters. The van der Waals surface area contributed by atoms with Gasteiger partial charge in [0.2, 0.25) is 11.7 Å². The van der Waals surface area contributed by atoms with Gasteiger partial charge in [-0.25, -0.2) is 0 Å². The van der Waals surface area contributed by atoms with E-state index in [1.54, 1.807) is 36.1 Å². The number of aliphatic carboxylic acids is 1. The van der Waals surface area contributed by atoms with Crippen LogP contribution in [0.1, 0.15) is 28.5 Å². The Morgan fingerprint density at radius 2 is 2.29 bits per heavy atom. The number of aromatic nitrogens is 2. The number of rotatable bonds is 5. The van der Waals surface area contributed by atoms with Crippen molar-refractivity contribution in [2.24, 2.45) is 5.92 Å². The highest BCUT2D eigenvalue weighted by Crippen LogP contribution is 2.21. The number of carboxylic acids is 1. The van der Waals surface area contributed by atoms with Gasteiger partial charge in [0.1, 0.15) is 5.75 Å². The molecule has 1 N–H and O–H groups in total. The largest absolute Gasteiger partial charge is 0.485 e. The van der Waals surface area contributed by atoms with E-state index in [-0.39, 0.29) is 19.1 Å². The molecule has 1 fully saturated rings. The zero-order valence-electron chi connectivity index (χ0n) is 13.1. The summed E-state index contributed by atoms with van der Waals surface area (Å²) in [7, 11) is 0. The lowest BCUT2D eigenvalue weighted by Crippen LogP contribution is -2.29. The fourth-order valence-electron chi connectivity index (χ4n) is 2.60. The van der Waals surface area contributed by atoms with Gasteiger partial charge < -0.3 is 19.3 Å². The number of hydrogen-bond acceptors (Lipinski definition) is 6. The molecule has 0 bridgehead atoms. The fourth-order valence-corrected chi connectivity index (χ4v) is 2.60. The van der Waals surface area contributed by atoms with Crippen molar-refractivity contribution in [3.63, 3.8) is 0 Å². The lowest BCUT2D eigenvalue weighted by Gasteiger charge is -2.16. The molecule has 8 heteroatoms. The Morgan fingerprint density at radius 3 is 2.96 bits per heavy atom.